The zero-order valence-electron chi connectivity index (χ0n) is 13.1. The van der Waals surface area contributed by atoms with Gasteiger partial charge in [-0.2, -0.15) is 0 Å². The number of aromatic amines is 1. The Balaban J connectivity index is 1.94. The molecule has 0 fully saturated rings. The van der Waals surface area contributed by atoms with Crippen molar-refractivity contribution in [2.24, 2.45) is 10.7 Å². The Bertz CT molecular complexity index is 598. The molecule has 0 aliphatic rings. The van der Waals surface area contributed by atoms with Crippen molar-refractivity contribution in [1.29, 1.82) is 0 Å². The first-order valence-electron chi connectivity index (χ1n) is 7.87. The maximum atomic E-state index is 5.84. The van der Waals surface area contributed by atoms with Gasteiger partial charge in [-0.1, -0.05) is 38.5 Å². The standard InChI is InChI=1S/C17H26N4/c1-3-5-10-19-17(18)20-11-9-14-12-21-16-13(4-2)7-6-8-15(14)16/h6-8,12,21H,3-5,9-11H2,1-2H3,(H3,18,19,20). The summed E-state index contributed by atoms with van der Waals surface area (Å²) in [5.74, 6) is 0.553. The molecule has 0 atom stereocenters. The number of aryl methyl sites for hydroxylation is 1. The lowest BCUT2D eigenvalue weighted by atomic mass is 10.1. The van der Waals surface area contributed by atoms with Gasteiger partial charge >= 0.3 is 0 Å². The lowest BCUT2D eigenvalue weighted by molar-refractivity contribution is 0.791. The number of H-pyrrole nitrogens is 1. The number of hydrogen-bond acceptors (Lipinski definition) is 1. The number of fused-ring (bicyclic) bond motifs is 1. The number of rotatable bonds is 7. The topological polar surface area (TPSA) is 66.2 Å². The molecular formula is C17H26N4. The van der Waals surface area contributed by atoms with Gasteiger partial charge < -0.3 is 16.0 Å². The van der Waals surface area contributed by atoms with E-state index >= 15 is 0 Å². The van der Waals surface area contributed by atoms with Gasteiger partial charge in [-0.25, -0.2) is 0 Å². The van der Waals surface area contributed by atoms with E-state index in [1.54, 1.807) is 0 Å². The SMILES string of the molecule is CCCCN=C(N)NCCc1c[nH]c2c(CC)cccc12. The molecule has 114 valence electrons. The Morgan fingerprint density at radius 2 is 2.14 bits per heavy atom. The highest BCUT2D eigenvalue weighted by molar-refractivity contribution is 5.86. The minimum atomic E-state index is 0.553. The van der Waals surface area contributed by atoms with Crippen LogP contribution in [-0.2, 0) is 12.8 Å². The molecule has 0 saturated heterocycles. The van der Waals surface area contributed by atoms with Crippen molar-refractivity contribution in [1.82, 2.24) is 10.3 Å². The van der Waals surface area contributed by atoms with Crippen LogP contribution in [0.3, 0.4) is 0 Å². The second-order valence-corrected chi connectivity index (χ2v) is 5.30. The first-order chi connectivity index (χ1) is 10.3. The van der Waals surface area contributed by atoms with Crippen molar-refractivity contribution >= 4 is 16.9 Å². The van der Waals surface area contributed by atoms with Crippen LogP contribution in [-0.4, -0.2) is 24.0 Å². The van der Waals surface area contributed by atoms with Gasteiger partial charge in [0.05, 0.1) is 0 Å². The highest BCUT2D eigenvalue weighted by Gasteiger charge is 2.06. The van der Waals surface area contributed by atoms with E-state index in [0.717, 1.165) is 38.8 Å². The third-order valence-electron chi connectivity index (χ3n) is 3.76. The minimum absolute atomic E-state index is 0.553. The summed E-state index contributed by atoms with van der Waals surface area (Å²) in [7, 11) is 0. The number of unbranched alkanes of at least 4 members (excludes halogenated alkanes) is 1. The Morgan fingerprint density at radius 1 is 1.29 bits per heavy atom. The van der Waals surface area contributed by atoms with Crippen LogP contribution in [0.25, 0.3) is 10.9 Å². The lowest BCUT2D eigenvalue weighted by Gasteiger charge is -2.05. The molecule has 1 aromatic carbocycles. The molecule has 0 amide bonds. The molecule has 2 aromatic rings. The normalized spacial score (nSPS) is 12.0. The summed E-state index contributed by atoms with van der Waals surface area (Å²) in [6.07, 6.45) is 6.33. The molecular weight excluding hydrogens is 260 g/mol. The van der Waals surface area contributed by atoms with Crippen LogP contribution in [0.1, 0.15) is 37.8 Å². The predicted molar refractivity (Wildman–Crippen MR) is 90.8 cm³/mol. The van der Waals surface area contributed by atoms with Crippen LogP contribution in [0.5, 0.6) is 0 Å². The molecule has 0 unspecified atom stereocenters. The van der Waals surface area contributed by atoms with Gasteiger partial charge in [0.25, 0.3) is 0 Å². The Hall–Kier alpha value is -1.97. The fourth-order valence-electron chi connectivity index (χ4n) is 2.52. The number of para-hydroxylation sites is 1. The number of benzene rings is 1. The second-order valence-electron chi connectivity index (χ2n) is 5.30. The van der Waals surface area contributed by atoms with E-state index in [2.05, 4.69) is 53.5 Å². The molecule has 0 saturated carbocycles. The van der Waals surface area contributed by atoms with E-state index < -0.39 is 0 Å². The Morgan fingerprint density at radius 3 is 2.90 bits per heavy atom. The zero-order chi connectivity index (χ0) is 15.1. The molecule has 0 aliphatic carbocycles. The smallest absolute Gasteiger partial charge is 0.188 e. The van der Waals surface area contributed by atoms with E-state index in [9.17, 15) is 0 Å². The molecule has 0 spiro atoms. The van der Waals surface area contributed by atoms with Gasteiger partial charge in [0.1, 0.15) is 0 Å². The van der Waals surface area contributed by atoms with Gasteiger partial charge in [0.2, 0.25) is 0 Å². The van der Waals surface area contributed by atoms with E-state index in [4.69, 9.17) is 5.73 Å². The van der Waals surface area contributed by atoms with E-state index in [-0.39, 0.29) is 0 Å². The fraction of sp³-hybridized carbons (Fsp3) is 0.471. The van der Waals surface area contributed by atoms with E-state index in [1.807, 2.05) is 0 Å². The van der Waals surface area contributed by atoms with Crippen LogP contribution >= 0.6 is 0 Å². The number of aromatic nitrogens is 1. The van der Waals surface area contributed by atoms with Crippen LogP contribution in [0.4, 0.5) is 0 Å². The molecule has 4 N–H and O–H groups in total. The summed E-state index contributed by atoms with van der Waals surface area (Å²) in [6.45, 7) is 5.96. The van der Waals surface area contributed by atoms with Gasteiger partial charge in [-0.3, -0.25) is 4.99 Å². The largest absolute Gasteiger partial charge is 0.370 e. The number of guanidine groups is 1. The zero-order valence-corrected chi connectivity index (χ0v) is 13.1. The molecule has 4 nitrogen and oxygen atoms in total. The highest BCUT2D eigenvalue weighted by Crippen LogP contribution is 2.22. The fourth-order valence-corrected chi connectivity index (χ4v) is 2.52. The second kappa shape index (κ2) is 7.72. The van der Waals surface area contributed by atoms with E-state index in [0.29, 0.717) is 5.96 Å². The van der Waals surface area contributed by atoms with Crippen LogP contribution in [0.2, 0.25) is 0 Å². The molecule has 0 aliphatic heterocycles. The van der Waals surface area contributed by atoms with Gasteiger partial charge in [0, 0.05) is 30.2 Å². The van der Waals surface area contributed by atoms with Crippen molar-refractivity contribution in [3.8, 4) is 0 Å². The maximum Gasteiger partial charge on any atom is 0.188 e. The summed E-state index contributed by atoms with van der Waals surface area (Å²) in [5, 5.41) is 4.50. The molecule has 1 heterocycles. The van der Waals surface area contributed by atoms with Crippen molar-refractivity contribution < 1.29 is 0 Å². The maximum absolute atomic E-state index is 5.84. The summed E-state index contributed by atoms with van der Waals surface area (Å²) in [5.41, 5.74) is 9.80. The minimum Gasteiger partial charge on any atom is -0.370 e. The molecule has 2 rings (SSSR count). The Kier molecular flexibility index (Phi) is 5.67. The third kappa shape index (κ3) is 4.00. The van der Waals surface area contributed by atoms with Crippen molar-refractivity contribution in [2.45, 2.75) is 39.5 Å². The first kappa shape index (κ1) is 15.4. The summed E-state index contributed by atoms with van der Waals surface area (Å²) < 4.78 is 0. The summed E-state index contributed by atoms with van der Waals surface area (Å²) >= 11 is 0. The molecule has 0 radical (unpaired) electrons. The number of nitrogens with one attached hydrogen (secondary N) is 2. The molecule has 4 heteroatoms. The van der Waals surface area contributed by atoms with Crippen LogP contribution in [0.15, 0.2) is 29.4 Å². The van der Waals surface area contributed by atoms with Crippen molar-refractivity contribution in [2.75, 3.05) is 13.1 Å². The number of aliphatic imine (C=N–C) groups is 1. The number of hydrogen-bond donors (Lipinski definition) is 3. The third-order valence-corrected chi connectivity index (χ3v) is 3.76. The van der Waals surface area contributed by atoms with Crippen molar-refractivity contribution in [3.05, 3.63) is 35.5 Å². The summed E-state index contributed by atoms with van der Waals surface area (Å²) in [4.78, 5) is 7.70. The molecule has 21 heavy (non-hydrogen) atoms. The quantitative estimate of drug-likeness (QED) is 0.416. The first-order valence-corrected chi connectivity index (χ1v) is 7.87. The van der Waals surface area contributed by atoms with Crippen LogP contribution in [0, 0.1) is 0 Å². The Labute approximate surface area is 126 Å². The lowest BCUT2D eigenvalue weighted by Crippen LogP contribution is -2.33. The van der Waals surface area contributed by atoms with Gasteiger partial charge in [-0.05, 0) is 30.4 Å². The van der Waals surface area contributed by atoms with Crippen molar-refractivity contribution in [3.63, 3.8) is 0 Å². The monoisotopic (exact) mass is 286 g/mol. The van der Waals surface area contributed by atoms with Crippen LogP contribution < -0.4 is 11.1 Å². The number of nitrogens with two attached hydrogens (primary N) is 1. The average Bonchev–Trinajstić information content (AvgIpc) is 2.91. The number of nitrogens with zero attached hydrogens (tertiary/aromatic N) is 1. The highest BCUT2D eigenvalue weighted by atomic mass is 15.1. The molecule has 1 aromatic heterocycles. The van der Waals surface area contributed by atoms with E-state index in [1.165, 1.54) is 22.0 Å². The average molecular weight is 286 g/mol. The predicted octanol–water partition coefficient (Wildman–Crippen LogP) is 2.98. The van der Waals surface area contributed by atoms with Gasteiger partial charge in [-0.15, -0.1) is 0 Å². The molecule has 0 bridgehead atoms. The van der Waals surface area contributed by atoms with Gasteiger partial charge in [0.15, 0.2) is 5.96 Å². The summed E-state index contributed by atoms with van der Waals surface area (Å²) in [6, 6.07) is 6.49.